The van der Waals surface area contributed by atoms with Gasteiger partial charge in [0.2, 0.25) is 0 Å². The van der Waals surface area contributed by atoms with Crippen LogP contribution in [0.2, 0.25) is 0 Å². The average molecular weight is 429 g/mol. The Balaban J connectivity index is 1.31. The number of rotatable bonds is 7. The highest BCUT2D eigenvalue weighted by Gasteiger charge is 2.73. The number of hydrogen-bond donors (Lipinski definition) is 0. The Kier molecular flexibility index (Phi) is 5.89. The van der Waals surface area contributed by atoms with Gasteiger partial charge in [0.1, 0.15) is 0 Å². The fourth-order valence-electron chi connectivity index (χ4n) is 10.8. The van der Waals surface area contributed by atoms with Crippen LogP contribution >= 0.6 is 0 Å². The number of hydrogen-bond acceptors (Lipinski definition) is 1. The van der Waals surface area contributed by atoms with Gasteiger partial charge < -0.3 is 4.74 Å². The van der Waals surface area contributed by atoms with E-state index in [1.54, 1.807) is 19.3 Å². The van der Waals surface area contributed by atoms with Crippen LogP contribution in [0.5, 0.6) is 0 Å². The molecule has 5 rings (SSSR count). The van der Waals surface area contributed by atoms with E-state index in [0.717, 1.165) is 48.0 Å². The lowest BCUT2D eigenvalue weighted by atomic mass is 9.44. The molecule has 5 aliphatic carbocycles. The van der Waals surface area contributed by atoms with Crippen LogP contribution in [-0.2, 0) is 4.74 Å². The van der Waals surface area contributed by atoms with Gasteiger partial charge in [-0.05, 0) is 122 Å². The molecule has 0 aromatic carbocycles. The Morgan fingerprint density at radius 1 is 0.903 bits per heavy atom. The summed E-state index contributed by atoms with van der Waals surface area (Å²) in [7, 11) is 0. The quantitative estimate of drug-likeness (QED) is 0.395. The highest BCUT2D eigenvalue weighted by Crippen LogP contribution is 2.81. The first-order valence-corrected chi connectivity index (χ1v) is 14.4. The number of fused-ring (bicyclic) bond motifs is 4. The van der Waals surface area contributed by atoms with Gasteiger partial charge in [0.05, 0.1) is 6.10 Å². The molecule has 1 nitrogen and oxygen atoms in total. The van der Waals surface area contributed by atoms with Crippen molar-refractivity contribution in [2.75, 3.05) is 6.61 Å². The first-order valence-electron chi connectivity index (χ1n) is 14.4. The predicted octanol–water partition coefficient (Wildman–Crippen LogP) is 8.51. The summed E-state index contributed by atoms with van der Waals surface area (Å²) in [5, 5.41) is 0. The van der Waals surface area contributed by atoms with Crippen LogP contribution in [0, 0.1) is 57.7 Å². The summed E-state index contributed by atoms with van der Waals surface area (Å²) in [5.74, 6) is 6.93. The molecule has 1 spiro atoms. The first-order chi connectivity index (χ1) is 14.7. The van der Waals surface area contributed by atoms with E-state index in [0.29, 0.717) is 22.3 Å². The van der Waals surface area contributed by atoms with Crippen molar-refractivity contribution in [2.45, 2.75) is 125 Å². The van der Waals surface area contributed by atoms with Gasteiger partial charge in [-0.1, -0.05) is 53.9 Å². The molecule has 0 radical (unpaired) electrons. The SMILES string of the molecule is CCO[C@H]1CC[C@]2(C)[C@H]3CC[C@]4(C)[C@@H]([C@H](C)CCCC(C)C)CC[C@H]4[C@@H]3C[C@@H]3C[C@@]32C1. The van der Waals surface area contributed by atoms with Crippen LogP contribution in [0.15, 0.2) is 0 Å². The molecule has 178 valence electrons. The molecule has 0 saturated heterocycles. The molecular formula is C30H52O. The van der Waals surface area contributed by atoms with Gasteiger partial charge in [0, 0.05) is 6.61 Å². The minimum absolute atomic E-state index is 0.566. The van der Waals surface area contributed by atoms with Crippen LogP contribution in [0.1, 0.15) is 119 Å². The van der Waals surface area contributed by atoms with Crippen molar-refractivity contribution in [2.24, 2.45) is 57.7 Å². The zero-order valence-corrected chi connectivity index (χ0v) is 21.7. The molecule has 1 heteroatoms. The average Bonchev–Trinajstić information content (AvgIpc) is 3.29. The molecule has 5 fully saturated rings. The summed E-state index contributed by atoms with van der Waals surface area (Å²) in [6, 6.07) is 0. The first kappa shape index (κ1) is 22.7. The molecule has 5 aliphatic rings. The van der Waals surface area contributed by atoms with Crippen molar-refractivity contribution >= 4 is 0 Å². The predicted molar refractivity (Wildman–Crippen MR) is 131 cm³/mol. The molecular weight excluding hydrogens is 376 g/mol. The third-order valence-corrected chi connectivity index (χ3v) is 12.4. The van der Waals surface area contributed by atoms with E-state index in [4.69, 9.17) is 4.74 Å². The summed E-state index contributed by atoms with van der Waals surface area (Å²) in [4.78, 5) is 0. The van der Waals surface area contributed by atoms with Crippen LogP contribution < -0.4 is 0 Å². The van der Waals surface area contributed by atoms with E-state index in [-0.39, 0.29) is 0 Å². The molecule has 5 saturated carbocycles. The van der Waals surface area contributed by atoms with E-state index >= 15 is 0 Å². The van der Waals surface area contributed by atoms with Crippen molar-refractivity contribution < 1.29 is 4.74 Å². The van der Waals surface area contributed by atoms with E-state index in [2.05, 4.69) is 41.5 Å². The Labute approximate surface area is 193 Å². The molecule has 0 amide bonds. The second kappa shape index (κ2) is 8.02. The fraction of sp³-hybridized carbons (Fsp3) is 1.00. The third kappa shape index (κ3) is 3.40. The normalized spacial score (nSPS) is 51.6. The van der Waals surface area contributed by atoms with E-state index in [1.807, 2.05) is 0 Å². The lowest BCUT2D eigenvalue weighted by molar-refractivity contribution is -0.144. The fourth-order valence-corrected chi connectivity index (χ4v) is 10.8. The van der Waals surface area contributed by atoms with Gasteiger partial charge in [-0.2, -0.15) is 0 Å². The lowest BCUT2D eigenvalue weighted by Crippen LogP contribution is -2.55. The van der Waals surface area contributed by atoms with Crippen molar-refractivity contribution in [1.29, 1.82) is 0 Å². The molecule has 0 aliphatic heterocycles. The molecule has 0 N–H and O–H groups in total. The van der Waals surface area contributed by atoms with Gasteiger partial charge >= 0.3 is 0 Å². The van der Waals surface area contributed by atoms with E-state index < -0.39 is 0 Å². The van der Waals surface area contributed by atoms with E-state index in [9.17, 15) is 0 Å². The molecule has 31 heavy (non-hydrogen) atoms. The maximum Gasteiger partial charge on any atom is 0.0580 e. The van der Waals surface area contributed by atoms with Crippen molar-refractivity contribution in [1.82, 2.24) is 0 Å². The summed E-state index contributed by atoms with van der Waals surface area (Å²) >= 11 is 0. The van der Waals surface area contributed by atoms with Gasteiger partial charge in [0.25, 0.3) is 0 Å². The summed E-state index contributed by atoms with van der Waals surface area (Å²) in [6.07, 6.45) is 18.4. The molecule has 0 aromatic heterocycles. The van der Waals surface area contributed by atoms with Gasteiger partial charge in [0.15, 0.2) is 0 Å². The molecule has 0 aromatic rings. The van der Waals surface area contributed by atoms with Crippen LogP contribution in [0.3, 0.4) is 0 Å². The molecule has 10 atom stereocenters. The number of ether oxygens (including phenoxy) is 1. The zero-order valence-electron chi connectivity index (χ0n) is 21.7. The van der Waals surface area contributed by atoms with E-state index in [1.165, 1.54) is 57.8 Å². The van der Waals surface area contributed by atoms with Gasteiger partial charge in [-0.15, -0.1) is 0 Å². The molecule has 0 heterocycles. The Bertz CT molecular complexity index is 655. The van der Waals surface area contributed by atoms with Crippen LogP contribution in [0.25, 0.3) is 0 Å². The van der Waals surface area contributed by atoms with Gasteiger partial charge in [-0.3, -0.25) is 0 Å². The Morgan fingerprint density at radius 3 is 2.45 bits per heavy atom. The smallest absolute Gasteiger partial charge is 0.0580 e. The molecule has 0 unspecified atom stereocenters. The highest BCUT2D eigenvalue weighted by molar-refractivity contribution is 5.22. The standard InChI is InChI=1S/C30H52O/c1-7-31-23-13-16-29(6)27-14-15-28(5)25(21(4)10-8-9-20(2)3)11-12-26(28)24(27)17-22-18-30(22,29)19-23/h20-27H,7-19H2,1-6H3/t21-,22-,23+,24+,25-,26+,27+,28-,29-,30-/m1/s1. The minimum Gasteiger partial charge on any atom is -0.378 e. The van der Waals surface area contributed by atoms with Crippen molar-refractivity contribution in [3.63, 3.8) is 0 Å². The third-order valence-electron chi connectivity index (χ3n) is 12.4. The minimum atomic E-state index is 0.566. The van der Waals surface area contributed by atoms with Crippen molar-refractivity contribution in [3.05, 3.63) is 0 Å². The largest absolute Gasteiger partial charge is 0.378 e. The van der Waals surface area contributed by atoms with Crippen LogP contribution in [0.4, 0.5) is 0 Å². The highest BCUT2D eigenvalue weighted by atomic mass is 16.5. The van der Waals surface area contributed by atoms with Gasteiger partial charge in [-0.25, -0.2) is 0 Å². The van der Waals surface area contributed by atoms with Crippen LogP contribution in [-0.4, -0.2) is 12.7 Å². The maximum absolute atomic E-state index is 6.18. The lowest BCUT2D eigenvalue weighted by Gasteiger charge is -2.61. The maximum atomic E-state index is 6.18. The Morgan fingerprint density at radius 2 is 1.71 bits per heavy atom. The second-order valence-corrected chi connectivity index (χ2v) is 13.9. The summed E-state index contributed by atoms with van der Waals surface area (Å²) < 4.78 is 6.18. The summed E-state index contributed by atoms with van der Waals surface area (Å²) in [6.45, 7) is 16.0. The zero-order chi connectivity index (χ0) is 22.0. The molecule has 0 bridgehead atoms. The Hall–Kier alpha value is -0.0400. The van der Waals surface area contributed by atoms with Crippen molar-refractivity contribution in [3.8, 4) is 0 Å². The second-order valence-electron chi connectivity index (χ2n) is 13.9. The monoisotopic (exact) mass is 428 g/mol. The summed E-state index contributed by atoms with van der Waals surface area (Å²) in [5.41, 5.74) is 1.94. The topological polar surface area (TPSA) is 9.23 Å².